The quantitative estimate of drug-likeness (QED) is 0.849. The number of ether oxygens (including phenoxy) is 1. The van der Waals surface area contributed by atoms with Gasteiger partial charge in [0.25, 0.3) is 0 Å². The topological polar surface area (TPSA) is 66.8 Å². The Balaban J connectivity index is 3.13. The van der Waals surface area contributed by atoms with Crippen LogP contribution in [0.4, 0.5) is 4.39 Å². The summed E-state index contributed by atoms with van der Waals surface area (Å²) in [4.78, 5) is 11.0. The van der Waals surface area contributed by atoms with E-state index in [0.717, 1.165) is 0 Å². The van der Waals surface area contributed by atoms with Gasteiger partial charge in [-0.05, 0) is 31.9 Å². The lowest BCUT2D eigenvalue weighted by Crippen LogP contribution is -2.26. The molecule has 4 nitrogen and oxygen atoms in total. The van der Waals surface area contributed by atoms with Gasteiger partial charge < -0.3 is 14.9 Å². The first kappa shape index (κ1) is 13.3. The third kappa shape index (κ3) is 2.67. The van der Waals surface area contributed by atoms with Crippen molar-refractivity contribution in [2.24, 2.45) is 5.41 Å². The maximum absolute atomic E-state index is 13.8. The van der Waals surface area contributed by atoms with Gasteiger partial charge in [-0.3, -0.25) is 4.79 Å². The van der Waals surface area contributed by atoms with Crippen LogP contribution >= 0.6 is 0 Å². The fourth-order valence-corrected chi connectivity index (χ4v) is 1.47. The van der Waals surface area contributed by atoms with Crippen molar-refractivity contribution in [3.8, 4) is 11.5 Å². The van der Waals surface area contributed by atoms with Crippen molar-refractivity contribution in [1.82, 2.24) is 0 Å². The Labute approximate surface area is 98.7 Å². The number of carboxylic acids is 1. The largest absolute Gasteiger partial charge is 0.504 e. The van der Waals surface area contributed by atoms with Crippen LogP contribution in [-0.4, -0.2) is 23.3 Å². The van der Waals surface area contributed by atoms with Crippen molar-refractivity contribution >= 4 is 5.97 Å². The minimum absolute atomic E-state index is 0.0187. The molecule has 0 radical (unpaired) electrons. The number of phenols is 1. The number of rotatable bonds is 4. The van der Waals surface area contributed by atoms with E-state index in [4.69, 9.17) is 9.84 Å². The highest BCUT2D eigenvalue weighted by molar-refractivity contribution is 5.74. The summed E-state index contributed by atoms with van der Waals surface area (Å²) >= 11 is 0. The van der Waals surface area contributed by atoms with Gasteiger partial charge in [0, 0.05) is 0 Å². The zero-order valence-electron chi connectivity index (χ0n) is 9.95. The first-order valence-corrected chi connectivity index (χ1v) is 5.07. The number of halogens is 1. The van der Waals surface area contributed by atoms with E-state index in [1.165, 1.54) is 33.1 Å². The SMILES string of the molecule is COc1c(O)ccc(CC(C)(C)C(=O)O)c1F. The molecule has 0 saturated heterocycles. The molecule has 0 saturated carbocycles. The van der Waals surface area contributed by atoms with Gasteiger partial charge in [-0.25, -0.2) is 4.39 Å². The van der Waals surface area contributed by atoms with Gasteiger partial charge in [0.2, 0.25) is 0 Å². The molecular weight excluding hydrogens is 227 g/mol. The molecule has 1 aromatic carbocycles. The number of benzene rings is 1. The van der Waals surface area contributed by atoms with Crippen LogP contribution < -0.4 is 4.74 Å². The third-order valence-corrected chi connectivity index (χ3v) is 2.57. The van der Waals surface area contributed by atoms with Crippen molar-refractivity contribution in [3.05, 3.63) is 23.5 Å². The second-order valence-electron chi connectivity index (χ2n) is 4.46. The summed E-state index contributed by atoms with van der Waals surface area (Å²) in [5.41, 5.74) is -0.880. The molecular formula is C12H15FO4. The Morgan fingerprint density at radius 1 is 1.47 bits per heavy atom. The van der Waals surface area contributed by atoms with Crippen LogP contribution in [-0.2, 0) is 11.2 Å². The molecule has 0 bridgehead atoms. The van der Waals surface area contributed by atoms with Gasteiger partial charge in [-0.15, -0.1) is 0 Å². The maximum atomic E-state index is 13.8. The number of methoxy groups -OCH3 is 1. The fraction of sp³-hybridized carbons (Fsp3) is 0.417. The molecule has 0 aliphatic rings. The molecule has 2 N–H and O–H groups in total. The van der Waals surface area contributed by atoms with E-state index in [-0.39, 0.29) is 23.5 Å². The summed E-state index contributed by atoms with van der Waals surface area (Å²) in [5, 5.41) is 18.3. The molecule has 0 aliphatic heterocycles. The Morgan fingerprint density at radius 2 is 2.06 bits per heavy atom. The lowest BCUT2D eigenvalue weighted by atomic mass is 9.85. The molecule has 0 spiro atoms. The van der Waals surface area contributed by atoms with Gasteiger partial charge in [0.15, 0.2) is 17.3 Å². The lowest BCUT2D eigenvalue weighted by Gasteiger charge is -2.20. The molecule has 0 unspecified atom stereocenters. The monoisotopic (exact) mass is 242 g/mol. The molecule has 1 aromatic rings. The predicted octanol–water partition coefficient (Wildman–Crippen LogP) is 2.19. The van der Waals surface area contributed by atoms with Gasteiger partial charge in [0.1, 0.15) is 0 Å². The second-order valence-corrected chi connectivity index (χ2v) is 4.46. The van der Waals surface area contributed by atoms with Crippen LogP contribution in [0.15, 0.2) is 12.1 Å². The van der Waals surface area contributed by atoms with Crippen molar-refractivity contribution in [2.45, 2.75) is 20.3 Å². The highest BCUT2D eigenvalue weighted by Gasteiger charge is 2.29. The molecule has 17 heavy (non-hydrogen) atoms. The van der Waals surface area contributed by atoms with Crippen LogP contribution in [0.1, 0.15) is 19.4 Å². The van der Waals surface area contributed by atoms with Crippen LogP contribution in [0.3, 0.4) is 0 Å². The van der Waals surface area contributed by atoms with E-state index >= 15 is 0 Å². The van der Waals surface area contributed by atoms with Crippen LogP contribution in [0.25, 0.3) is 0 Å². The highest BCUT2D eigenvalue weighted by Crippen LogP contribution is 2.33. The van der Waals surface area contributed by atoms with E-state index < -0.39 is 17.2 Å². The average molecular weight is 242 g/mol. The van der Waals surface area contributed by atoms with E-state index in [1.54, 1.807) is 0 Å². The summed E-state index contributed by atoms with van der Waals surface area (Å²) in [7, 11) is 1.24. The predicted molar refractivity (Wildman–Crippen MR) is 59.7 cm³/mol. The number of hydrogen-bond acceptors (Lipinski definition) is 3. The minimum atomic E-state index is -1.08. The Hall–Kier alpha value is -1.78. The summed E-state index contributed by atoms with van der Waals surface area (Å²) in [6.07, 6.45) is 0.0187. The van der Waals surface area contributed by atoms with E-state index in [1.807, 2.05) is 0 Å². The minimum Gasteiger partial charge on any atom is -0.504 e. The number of hydrogen-bond donors (Lipinski definition) is 2. The third-order valence-electron chi connectivity index (χ3n) is 2.57. The molecule has 0 aliphatic carbocycles. The summed E-state index contributed by atoms with van der Waals surface area (Å²) < 4.78 is 18.6. The Morgan fingerprint density at radius 3 is 2.53 bits per heavy atom. The summed E-state index contributed by atoms with van der Waals surface area (Å²) in [6, 6.07) is 2.65. The standard InChI is InChI=1S/C12H15FO4/c1-12(2,11(15)16)6-7-4-5-8(14)10(17-3)9(7)13/h4-5,14H,6H2,1-3H3,(H,15,16). The number of phenolic OH excluding ortho intramolecular Hbond substituents is 1. The first-order chi connectivity index (χ1) is 7.79. The summed E-state index contributed by atoms with van der Waals surface area (Å²) in [6.45, 7) is 3.02. The fourth-order valence-electron chi connectivity index (χ4n) is 1.47. The van der Waals surface area contributed by atoms with Crippen molar-refractivity contribution < 1.29 is 24.1 Å². The zero-order chi connectivity index (χ0) is 13.2. The summed E-state index contributed by atoms with van der Waals surface area (Å²) in [5.74, 6) is -2.30. The van der Waals surface area contributed by atoms with Crippen LogP contribution in [0.5, 0.6) is 11.5 Å². The van der Waals surface area contributed by atoms with E-state index in [2.05, 4.69) is 0 Å². The lowest BCUT2D eigenvalue weighted by molar-refractivity contribution is -0.146. The number of aromatic hydroxyl groups is 1. The second kappa shape index (κ2) is 4.61. The zero-order valence-corrected chi connectivity index (χ0v) is 9.95. The van der Waals surface area contributed by atoms with Gasteiger partial charge in [-0.1, -0.05) is 6.07 Å². The number of carbonyl (C=O) groups is 1. The van der Waals surface area contributed by atoms with Crippen molar-refractivity contribution in [3.63, 3.8) is 0 Å². The molecule has 5 heteroatoms. The normalized spacial score (nSPS) is 11.3. The molecule has 1 rings (SSSR count). The number of carboxylic acid groups (broad SMARTS) is 1. The molecule has 0 heterocycles. The Bertz CT molecular complexity index is 440. The molecule has 94 valence electrons. The van der Waals surface area contributed by atoms with Crippen molar-refractivity contribution in [2.75, 3.05) is 7.11 Å². The van der Waals surface area contributed by atoms with Crippen LogP contribution in [0.2, 0.25) is 0 Å². The van der Waals surface area contributed by atoms with Crippen LogP contribution in [0, 0.1) is 11.2 Å². The molecule has 0 atom stereocenters. The first-order valence-electron chi connectivity index (χ1n) is 5.07. The van der Waals surface area contributed by atoms with E-state index in [9.17, 15) is 14.3 Å². The Kier molecular flexibility index (Phi) is 3.60. The molecule has 0 aromatic heterocycles. The maximum Gasteiger partial charge on any atom is 0.309 e. The number of aliphatic carboxylic acids is 1. The van der Waals surface area contributed by atoms with Gasteiger partial charge in [0.05, 0.1) is 12.5 Å². The van der Waals surface area contributed by atoms with E-state index in [0.29, 0.717) is 0 Å². The van der Waals surface area contributed by atoms with Gasteiger partial charge >= 0.3 is 5.97 Å². The smallest absolute Gasteiger partial charge is 0.309 e. The molecule has 0 fully saturated rings. The molecule has 0 amide bonds. The van der Waals surface area contributed by atoms with Crippen molar-refractivity contribution in [1.29, 1.82) is 0 Å². The average Bonchev–Trinajstić information content (AvgIpc) is 2.23. The van der Waals surface area contributed by atoms with Gasteiger partial charge in [-0.2, -0.15) is 0 Å². The highest BCUT2D eigenvalue weighted by atomic mass is 19.1.